The molecule has 1 aromatic carbocycles. The van der Waals surface area contributed by atoms with Crippen LogP contribution in [0.2, 0.25) is 0 Å². The van der Waals surface area contributed by atoms with E-state index < -0.39 is 0 Å². The van der Waals surface area contributed by atoms with Gasteiger partial charge in [-0.1, -0.05) is 12.2 Å². The molecule has 0 saturated heterocycles. The van der Waals surface area contributed by atoms with Crippen molar-refractivity contribution in [3.8, 4) is 5.75 Å². The Hall–Kier alpha value is -1.81. The highest BCUT2D eigenvalue weighted by Gasteiger charge is 2.14. The van der Waals surface area contributed by atoms with E-state index >= 15 is 0 Å². The molecule has 0 saturated carbocycles. The summed E-state index contributed by atoms with van der Waals surface area (Å²) in [5, 5.41) is 2.83. The van der Waals surface area contributed by atoms with Crippen LogP contribution in [-0.2, 0) is 11.2 Å². The number of rotatable bonds is 6. The smallest absolute Gasteiger partial charge is 0.251 e. The maximum absolute atomic E-state index is 11.9. The van der Waals surface area contributed by atoms with Crippen molar-refractivity contribution in [2.45, 2.75) is 13.3 Å². The Labute approximate surface area is 113 Å². The highest BCUT2D eigenvalue weighted by Crippen LogP contribution is 2.25. The van der Waals surface area contributed by atoms with E-state index in [2.05, 4.69) is 11.9 Å². The molecule has 1 aliphatic heterocycles. The van der Waals surface area contributed by atoms with Gasteiger partial charge >= 0.3 is 0 Å². The topological polar surface area (TPSA) is 47.6 Å². The molecule has 0 unspecified atom stereocenters. The third-order valence-electron chi connectivity index (χ3n) is 2.83. The maximum Gasteiger partial charge on any atom is 0.251 e. The first-order valence-electron chi connectivity index (χ1n) is 6.43. The predicted octanol–water partition coefficient (Wildman–Crippen LogP) is 1.94. The highest BCUT2D eigenvalue weighted by molar-refractivity contribution is 5.94. The van der Waals surface area contributed by atoms with Gasteiger partial charge in [0, 0.05) is 18.5 Å². The van der Waals surface area contributed by atoms with Crippen LogP contribution in [-0.4, -0.2) is 32.3 Å². The fourth-order valence-corrected chi connectivity index (χ4v) is 1.91. The van der Waals surface area contributed by atoms with Crippen molar-refractivity contribution in [2.24, 2.45) is 0 Å². The summed E-state index contributed by atoms with van der Waals surface area (Å²) in [5.74, 6) is 0.815. The maximum atomic E-state index is 11.9. The molecule has 102 valence electrons. The molecule has 4 nitrogen and oxygen atoms in total. The lowest BCUT2D eigenvalue weighted by Gasteiger charge is -2.07. The van der Waals surface area contributed by atoms with Crippen LogP contribution in [0, 0.1) is 0 Å². The van der Waals surface area contributed by atoms with Gasteiger partial charge in [0.1, 0.15) is 5.75 Å². The first kappa shape index (κ1) is 13.6. The van der Waals surface area contributed by atoms with Crippen molar-refractivity contribution in [3.05, 3.63) is 41.5 Å². The van der Waals surface area contributed by atoms with Crippen LogP contribution in [0.1, 0.15) is 22.8 Å². The number of hydrogen-bond acceptors (Lipinski definition) is 3. The molecule has 1 aliphatic rings. The average Bonchev–Trinajstić information content (AvgIpc) is 2.84. The van der Waals surface area contributed by atoms with E-state index in [0.717, 1.165) is 23.3 Å². The summed E-state index contributed by atoms with van der Waals surface area (Å²) in [5.41, 5.74) is 2.75. The minimum Gasteiger partial charge on any atom is -0.493 e. The van der Waals surface area contributed by atoms with Crippen molar-refractivity contribution >= 4 is 5.91 Å². The number of nitrogens with one attached hydrogen (secondary N) is 1. The van der Waals surface area contributed by atoms with E-state index in [0.29, 0.717) is 31.9 Å². The van der Waals surface area contributed by atoms with Gasteiger partial charge in [0.05, 0.1) is 19.8 Å². The number of fused-ring (bicyclic) bond motifs is 1. The van der Waals surface area contributed by atoms with E-state index in [1.807, 2.05) is 19.1 Å². The summed E-state index contributed by atoms with van der Waals surface area (Å²) >= 11 is 0. The molecular weight excluding hydrogens is 242 g/mol. The Bertz CT molecular complexity index is 482. The van der Waals surface area contributed by atoms with E-state index in [1.165, 1.54) is 0 Å². The molecule has 2 rings (SSSR count). The summed E-state index contributed by atoms with van der Waals surface area (Å²) in [7, 11) is 0. The fourth-order valence-electron chi connectivity index (χ4n) is 1.91. The van der Waals surface area contributed by atoms with E-state index in [1.54, 1.807) is 6.07 Å². The molecule has 1 heterocycles. The largest absolute Gasteiger partial charge is 0.493 e. The molecule has 0 bridgehead atoms. The first-order valence-corrected chi connectivity index (χ1v) is 6.43. The molecule has 0 spiro atoms. The molecule has 0 aliphatic carbocycles. The van der Waals surface area contributed by atoms with Crippen LogP contribution in [0.15, 0.2) is 30.4 Å². The first-order chi connectivity index (χ1) is 9.16. The average molecular weight is 261 g/mol. The quantitative estimate of drug-likeness (QED) is 0.629. The zero-order chi connectivity index (χ0) is 13.7. The van der Waals surface area contributed by atoms with Crippen molar-refractivity contribution in [3.63, 3.8) is 0 Å². The van der Waals surface area contributed by atoms with E-state index in [4.69, 9.17) is 9.47 Å². The van der Waals surface area contributed by atoms with Gasteiger partial charge in [0.2, 0.25) is 0 Å². The monoisotopic (exact) mass is 261 g/mol. The third-order valence-corrected chi connectivity index (χ3v) is 2.83. The number of amides is 1. The fraction of sp³-hybridized carbons (Fsp3) is 0.400. The molecule has 19 heavy (non-hydrogen) atoms. The lowest BCUT2D eigenvalue weighted by atomic mass is 10.1. The number of benzene rings is 1. The zero-order valence-corrected chi connectivity index (χ0v) is 11.2. The molecule has 0 aromatic heterocycles. The summed E-state index contributed by atoms with van der Waals surface area (Å²) in [6.45, 7) is 7.88. The van der Waals surface area contributed by atoms with E-state index in [9.17, 15) is 4.79 Å². The third kappa shape index (κ3) is 3.83. The summed E-state index contributed by atoms with van der Waals surface area (Å²) in [4.78, 5) is 11.9. The van der Waals surface area contributed by atoms with Crippen LogP contribution in [0.5, 0.6) is 5.75 Å². The van der Waals surface area contributed by atoms with Crippen molar-refractivity contribution < 1.29 is 14.3 Å². The summed E-state index contributed by atoms with van der Waals surface area (Å²) in [6, 6.07) is 5.54. The van der Waals surface area contributed by atoms with Gasteiger partial charge in [-0.05, 0) is 30.7 Å². The number of ether oxygens (including phenoxy) is 2. The van der Waals surface area contributed by atoms with Crippen LogP contribution >= 0.6 is 0 Å². The molecule has 0 radical (unpaired) electrons. The van der Waals surface area contributed by atoms with Crippen LogP contribution in [0.4, 0.5) is 0 Å². The Morgan fingerprint density at radius 1 is 1.53 bits per heavy atom. The molecule has 0 atom stereocenters. The zero-order valence-electron chi connectivity index (χ0n) is 11.2. The normalized spacial score (nSPS) is 12.7. The van der Waals surface area contributed by atoms with Gasteiger partial charge in [-0.2, -0.15) is 0 Å². The Morgan fingerprint density at radius 3 is 3.16 bits per heavy atom. The lowest BCUT2D eigenvalue weighted by molar-refractivity contribution is 0.0926. The summed E-state index contributed by atoms with van der Waals surface area (Å²) < 4.78 is 10.7. The SMILES string of the molecule is C=C(C)COCCNC(=O)c1ccc2c(c1)CCO2. The predicted molar refractivity (Wildman–Crippen MR) is 73.6 cm³/mol. The second kappa shape index (κ2) is 6.38. The highest BCUT2D eigenvalue weighted by atomic mass is 16.5. The van der Waals surface area contributed by atoms with Gasteiger partial charge < -0.3 is 14.8 Å². The minimum atomic E-state index is -0.0753. The van der Waals surface area contributed by atoms with Crippen molar-refractivity contribution in [1.29, 1.82) is 0 Å². The molecule has 1 amide bonds. The minimum absolute atomic E-state index is 0.0753. The second-order valence-electron chi connectivity index (χ2n) is 4.69. The Kier molecular flexibility index (Phi) is 4.58. The van der Waals surface area contributed by atoms with Gasteiger partial charge in [0.15, 0.2) is 0 Å². The summed E-state index contributed by atoms with van der Waals surface area (Å²) in [6.07, 6.45) is 0.873. The van der Waals surface area contributed by atoms with Gasteiger partial charge in [-0.25, -0.2) is 0 Å². The van der Waals surface area contributed by atoms with Crippen molar-refractivity contribution in [1.82, 2.24) is 5.32 Å². The number of hydrogen-bond donors (Lipinski definition) is 1. The molecule has 1 aromatic rings. The van der Waals surface area contributed by atoms with E-state index in [-0.39, 0.29) is 5.91 Å². The van der Waals surface area contributed by atoms with Crippen LogP contribution in [0.25, 0.3) is 0 Å². The standard InChI is InChI=1S/C15H19NO3/c1-11(2)10-18-8-6-16-15(17)13-3-4-14-12(9-13)5-7-19-14/h3-4,9H,1,5-8,10H2,2H3,(H,16,17). The number of carbonyl (C=O) groups excluding carboxylic acids is 1. The lowest BCUT2D eigenvalue weighted by Crippen LogP contribution is -2.27. The molecule has 4 heteroatoms. The van der Waals surface area contributed by atoms with Crippen LogP contribution in [0.3, 0.4) is 0 Å². The Balaban J connectivity index is 1.78. The molecule has 1 N–H and O–H groups in total. The van der Waals surface area contributed by atoms with Gasteiger partial charge in [-0.15, -0.1) is 0 Å². The second-order valence-corrected chi connectivity index (χ2v) is 4.69. The number of carbonyl (C=O) groups is 1. The van der Waals surface area contributed by atoms with Gasteiger partial charge in [0.25, 0.3) is 5.91 Å². The van der Waals surface area contributed by atoms with Crippen LogP contribution < -0.4 is 10.1 Å². The molecular formula is C15H19NO3. The van der Waals surface area contributed by atoms with Crippen molar-refractivity contribution in [2.75, 3.05) is 26.4 Å². The molecule has 0 fully saturated rings. The van der Waals surface area contributed by atoms with Gasteiger partial charge in [-0.3, -0.25) is 4.79 Å². The Morgan fingerprint density at radius 2 is 2.37 bits per heavy atom.